The molecule has 17 heavy (non-hydrogen) atoms. The van der Waals surface area contributed by atoms with Gasteiger partial charge in [0.1, 0.15) is 10.8 Å². The molecule has 0 saturated heterocycles. The van der Waals surface area contributed by atoms with Crippen molar-refractivity contribution in [3.05, 3.63) is 29.7 Å². The highest BCUT2D eigenvalue weighted by molar-refractivity contribution is 8.01. The number of fused-ring (bicyclic) bond motifs is 1. The summed E-state index contributed by atoms with van der Waals surface area (Å²) in [6.45, 7) is 1.97. The fraction of sp³-hybridized carbons (Fsp3) is 0.100. The number of imidazole rings is 1. The van der Waals surface area contributed by atoms with Crippen LogP contribution in [-0.4, -0.2) is 19.4 Å². The van der Waals surface area contributed by atoms with Gasteiger partial charge in [0.15, 0.2) is 9.99 Å². The Bertz CT molecular complexity index is 672. The maximum absolute atomic E-state index is 5.75. The number of anilines is 1. The summed E-state index contributed by atoms with van der Waals surface area (Å²) in [4.78, 5) is 13.0. The second-order valence-corrected chi connectivity index (χ2v) is 5.58. The SMILES string of the molecule is Cc1csc(Sc2nc(N)cn3ccnc23)n1. The van der Waals surface area contributed by atoms with E-state index < -0.39 is 0 Å². The minimum atomic E-state index is 0.478. The second-order valence-electron chi connectivity index (χ2n) is 3.49. The minimum Gasteiger partial charge on any atom is -0.382 e. The van der Waals surface area contributed by atoms with E-state index in [4.69, 9.17) is 5.73 Å². The standard InChI is InChI=1S/C10H9N5S2/c1-6-5-16-10(13-6)17-9-8-12-2-3-15(8)4-7(11)14-9/h2-5H,11H2,1H3. The molecule has 3 heterocycles. The van der Waals surface area contributed by atoms with Crippen LogP contribution in [0, 0.1) is 6.92 Å². The summed E-state index contributed by atoms with van der Waals surface area (Å²) in [6.07, 6.45) is 5.33. The van der Waals surface area contributed by atoms with Crippen LogP contribution in [0.4, 0.5) is 5.82 Å². The summed E-state index contributed by atoms with van der Waals surface area (Å²) >= 11 is 3.09. The van der Waals surface area contributed by atoms with Crippen LogP contribution in [0.5, 0.6) is 0 Å². The molecule has 0 radical (unpaired) electrons. The topological polar surface area (TPSA) is 69.1 Å². The van der Waals surface area contributed by atoms with Gasteiger partial charge in [0.25, 0.3) is 0 Å². The number of nitrogen functional groups attached to an aromatic ring is 1. The summed E-state index contributed by atoms with van der Waals surface area (Å²) in [5.41, 5.74) is 7.57. The molecule has 5 nitrogen and oxygen atoms in total. The Hall–Kier alpha value is -1.60. The molecule has 0 aromatic carbocycles. The molecule has 0 amide bonds. The molecule has 0 aliphatic carbocycles. The van der Waals surface area contributed by atoms with E-state index in [-0.39, 0.29) is 0 Å². The van der Waals surface area contributed by atoms with Gasteiger partial charge < -0.3 is 10.1 Å². The largest absolute Gasteiger partial charge is 0.382 e. The molecule has 0 aliphatic rings. The summed E-state index contributed by atoms with van der Waals surface area (Å²) in [7, 11) is 0. The van der Waals surface area contributed by atoms with Gasteiger partial charge in [-0.1, -0.05) is 0 Å². The van der Waals surface area contributed by atoms with E-state index >= 15 is 0 Å². The molecule has 3 aromatic rings. The lowest BCUT2D eigenvalue weighted by atomic mass is 10.6. The highest BCUT2D eigenvalue weighted by Crippen LogP contribution is 2.31. The predicted molar refractivity (Wildman–Crippen MR) is 68.4 cm³/mol. The maximum Gasteiger partial charge on any atom is 0.170 e. The molecule has 86 valence electrons. The van der Waals surface area contributed by atoms with Crippen LogP contribution in [0.1, 0.15) is 5.69 Å². The molecule has 7 heteroatoms. The summed E-state index contributed by atoms with van der Waals surface area (Å²) < 4.78 is 2.82. The zero-order valence-corrected chi connectivity index (χ0v) is 10.6. The van der Waals surface area contributed by atoms with E-state index in [0.717, 1.165) is 20.7 Å². The van der Waals surface area contributed by atoms with Crippen molar-refractivity contribution < 1.29 is 0 Å². The third-order valence-corrected chi connectivity index (χ3v) is 4.17. The first-order valence-electron chi connectivity index (χ1n) is 4.91. The first-order valence-corrected chi connectivity index (χ1v) is 6.61. The van der Waals surface area contributed by atoms with Crippen molar-refractivity contribution in [3.63, 3.8) is 0 Å². The summed E-state index contributed by atoms with van der Waals surface area (Å²) in [6, 6.07) is 0. The zero-order valence-electron chi connectivity index (χ0n) is 8.99. The van der Waals surface area contributed by atoms with Crippen molar-refractivity contribution in [2.75, 3.05) is 5.73 Å². The second kappa shape index (κ2) is 4.01. The van der Waals surface area contributed by atoms with Gasteiger partial charge in [0.2, 0.25) is 0 Å². The molecule has 0 fully saturated rings. The fourth-order valence-corrected chi connectivity index (χ4v) is 3.30. The molecule has 3 rings (SSSR count). The Morgan fingerprint density at radius 2 is 2.29 bits per heavy atom. The minimum absolute atomic E-state index is 0.478. The monoisotopic (exact) mass is 263 g/mol. The molecule has 0 spiro atoms. The van der Waals surface area contributed by atoms with Crippen molar-refractivity contribution in [3.8, 4) is 0 Å². The number of thiazole rings is 1. The molecule has 3 aromatic heterocycles. The Labute approximate surface area is 106 Å². The van der Waals surface area contributed by atoms with Crippen molar-refractivity contribution in [1.29, 1.82) is 0 Å². The quantitative estimate of drug-likeness (QED) is 0.767. The van der Waals surface area contributed by atoms with E-state index in [1.807, 2.05) is 22.9 Å². The Kier molecular flexibility index (Phi) is 2.49. The van der Waals surface area contributed by atoms with Crippen LogP contribution in [0.25, 0.3) is 5.65 Å². The number of hydrogen-bond donors (Lipinski definition) is 1. The van der Waals surface area contributed by atoms with Gasteiger partial charge in [-0.05, 0) is 18.7 Å². The first kappa shape index (κ1) is 10.5. The first-order chi connectivity index (χ1) is 8.22. The van der Waals surface area contributed by atoms with Crippen LogP contribution in [0.15, 0.2) is 33.3 Å². The number of hydrogen-bond acceptors (Lipinski definition) is 6. The third-order valence-electron chi connectivity index (χ3n) is 2.14. The molecular weight excluding hydrogens is 254 g/mol. The summed E-state index contributed by atoms with van der Waals surface area (Å²) in [5, 5.41) is 2.79. The van der Waals surface area contributed by atoms with Gasteiger partial charge in [0.05, 0.1) is 6.20 Å². The smallest absolute Gasteiger partial charge is 0.170 e. The molecule has 0 aliphatic heterocycles. The van der Waals surface area contributed by atoms with E-state index in [0.29, 0.717) is 5.82 Å². The Morgan fingerprint density at radius 3 is 3.06 bits per heavy atom. The number of aryl methyl sites for hydroxylation is 1. The maximum atomic E-state index is 5.75. The van der Waals surface area contributed by atoms with Gasteiger partial charge in [-0.3, -0.25) is 0 Å². The van der Waals surface area contributed by atoms with Crippen molar-refractivity contribution in [2.45, 2.75) is 16.3 Å². The van der Waals surface area contributed by atoms with E-state index in [2.05, 4.69) is 15.0 Å². The van der Waals surface area contributed by atoms with Crippen molar-refractivity contribution >= 4 is 34.6 Å². The Balaban J connectivity index is 2.07. The zero-order chi connectivity index (χ0) is 11.8. The molecular formula is C10H9N5S2. The van der Waals surface area contributed by atoms with Crippen LogP contribution < -0.4 is 5.73 Å². The van der Waals surface area contributed by atoms with E-state index in [1.165, 1.54) is 11.8 Å². The van der Waals surface area contributed by atoms with Crippen LogP contribution in [-0.2, 0) is 0 Å². The molecule has 0 unspecified atom stereocenters. The van der Waals surface area contributed by atoms with Crippen LogP contribution in [0.3, 0.4) is 0 Å². The molecule has 0 saturated carbocycles. The summed E-state index contributed by atoms with van der Waals surface area (Å²) in [5.74, 6) is 0.478. The number of nitrogens with two attached hydrogens (primary N) is 1. The van der Waals surface area contributed by atoms with E-state index in [1.54, 1.807) is 23.7 Å². The Morgan fingerprint density at radius 1 is 1.41 bits per heavy atom. The van der Waals surface area contributed by atoms with Gasteiger partial charge >= 0.3 is 0 Å². The molecule has 0 bridgehead atoms. The number of nitrogens with zero attached hydrogens (tertiary/aromatic N) is 4. The molecule has 0 atom stereocenters. The highest BCUT2D eigenvalue weighted by Gasteiger charge is 2.10. The van der Waals surface area contributed by atoms with E-state index in [9.17, 15) is 0 Å². The number of rotatable bonds is 2. The van der Waals surface area contributed by atoms with Gasteiger partial charge in [-0.2, -0.15) is 0 Å². The number of aromatic nitrogens is 4. The molecule has 2 N–H and O–H groups in total. The predicted octanol–water partition coefficient (Wildman–Crippen LogP) is 2.23. The lowest BCUT2D eigenvalue weighted by molar-refractivity contribution is 1.04. The fourth-order valence-electron chi connectivity index (χ4n) is 1.45. The van der Waals surface area contributed by atoms with Gasteiger partial charge in [-0.15, -0.1) is 11.3 Å². The van der Waals surface area contributed by atoms with Crippen molar-refractivity contribution in [1.82, 2.24) is 19.4 Å². The lowest BCUT2D eigenvalue weighted by Crippen LogP contribution is -1.97. The van der Waals surface area contributed by atoms with Crippen LogP contribution >= 0.6 is 23.1 Å². The average Bonchev–Trinajstić information content (AvgIpc) is 2.87. The van der Waals surface area contributed by atoms with Gasteiger partial charge in [-0.25, -0.2) is 15.0 Å². The van der Waals surface area contributed by atoms with Crippen molar-refractivity contribution in [2.24, 2.45) is 0 Å². The highest BCUT2D eigenvalue weighted by atomic mass is 32.2. The normalized spacial score (nSPS) is 11.1. The lowest BCUT2D eigenvalue weighted by Gasteiger charge is -2.01. The third kappa shape index (κ3) is 1.98. The van der Waals surface area contributed by atoms with Crippen LogP contribution in [0.2, 0.25) is 0 Å². The van der Waals surface area contributed by atoms with Gasteiger partial charge in [0, 0.05) is 23.5 Å². The average molecular weight is 263 g/mol.